The highest BCUT2D eigenvalue weighted by Crippen LogP contribution is 2.10. The lowest BCUT2D eigenvalue weighted by atomic mass is 10.0. The Morgan fingerprint density at radius 3 is 2.45 bits per heavy atom. The van der Waals surface area contributed by atoms with Crippen molar-refractivity contribution in [2.75, 3.05) is 0 Å². The summed E-state index contributed by atoms with van der Waals surface area (Å²) in [4.78, 5) is 11.7. The summed E-state index contributed by atoms with van der Waals surface area (Å²) in [6, 6.07) is 7.81. The van der Waals surface area contributed by atoms with Gasteiger partial charge in [-0.1, -0.05) is 74.1 Å². The fourth-order valence-corrected chi connectivity index (χ4v) is 1.79. The zero-order valence-electron chi connectivity index (χ0n) is 12.7. The molecule has 1 nitrogen and oxygen atoms in total. The number of allylic oxidation sites excluding steroid dienone is 5. The lowest BCUT2D eigenvalue weighted by Gasteiger charge is -2.00. The minimum Gasteiger partial charge on any atom is -0.294 e. The van der Waals surface area contributed by atoms with Crippen molar-refractivity contribution < 1.29 is 4.79 Å². The summed E-state index contributed by atoms with van der Waals surface area (Å²) in [5, 5.41) is 0. The van der Waals surface area contributed by atoms with Crippen LogP contribution in [0.15, 0.2) is 54.1 Å². The van der Waals surface area contributed by atoms with Crippen LogP contribution in [0.5, 0.6) is 0 Å². The van der Waals surface area contributed by atoms with Gasteiger partial charge in [0.25, 0.3) is 0 Å². The summed E-state index contributed by atoms with van der Waals surface area (Å²) in [7, 11) is 0. The fraction of sp³-hybridized carbons (Fsp3) is 0.316. The number of hydrogen-bond acceptors (Lipinski definition) is 1. The zero-order valence-corrected chi connectivity index (χ0v) is 12.7. The summed E-state index contributed by atoms with van der Waals surface area (Å²) in [6.45, 7) is 6.23. The van der Waals surface area contributed by atoms with Crippen molar-refractivity contribution in [3.8, 4) is 0 Å². The van der Waals surface area contributed by atoms with Gasteiger partial charge >= 0.3 is 0 Å². The van der Waals surface area contributed by atoms with Gasteiger partial charge in [0.05, 0.1) is 0 Å². The Morgan fingerprint density at radius 2 is 1.85 bits per heavy atom. The highest BCUT2D eigenvalue weighted by Gasteiger charge is 2.02. The molecule has 1 heteroatoms. The normalized spacial score (nSPS) is 12.4. The largest absolute Gasteiger partial charge is 0.294 e. The fourth-order valence-electron chi connectivity index (χ4n) is 1.79. The molecule has 106 valence electrons. The van der Waals surface area contributed by atoms with Crippen molar-refractivity contribution in [1.29, 1.82) is 0 Å². The van der Waals surface area contributed by atoms with E-state index in [4.69, 9.17) is 0 Å². The molecule has 0 spiro atoms. The van der Waals surface area contributed by atoms with Crippen molar-refractivity contribution in [2.24, 2.45) is 0 Å². The molecule has 0 aliphatic carbocycles. The number of carbonyl (C=O) groups is 1. The first-order chi connectivity index (χ1) is 9.67. The van der Waals surface area contributed by atoms with Crippen molar-refractivity contribution in [1.82, 2.24) is 0 Å². The van der Waals surface area contributed by atoms with Crippen LogP contribution in [0.4, 0.5) is 0 Å². The average molecular weight is 268 g/mol. The van der Waals surface area contributed by atoms with Crippen LogP contribution in [0.3, 0.4) is 0 Å². The number of benzene rings is 1. The topological polar surface area (TPSA) is 17.1 Å². The maximum atomic E-state index is 11.7. The van der Waals surface area contributed by atoms with Gasteiger partial charge in [0.1, 0.15) is 0 Å². The van der Waals surface area contributed by atoms with Crippen molar-refractivity contribution in [3.05, 3.63) is 65.3 Å². The van der Waals surface area contributed by atoms with E-state index in [1.807, 2.05) is 31.2 Å². The maximum Gasteiger partial charge on any atom is 0.162 e. The summed E-state index contributed by atoms with van der Waals surface area (Å²) >= 11 is 0. The maximum absolute atomic E-state index is 11.7. The van der Waals surface area contributed by atoms with E-state index < -0.39 is 0 Å². The number of ketones is 1. The van der Waals surface area contributed by atoms with Crippen LogP contribution in [-0.2, 0) is 0 Å². The Bertz CT molecular complexity index is 501. The first-order valence-electron chi connectivity index (χ1n) is 7.32. The molecule has 20 heavy (non-hydrogen) atoms. The van der Waals surface area contributed by atoms with E-state index in [-0.39, 0.29) is 5.78 Å². The van der Waals surface area contributed by atoms with Crippen LogP contribution in [0, 0.1) is 0 Å². The Morgan fingerprint density at radius 1 is 1.15 bits per heavy atom. The van der Waals surface area contributed by atoms with Gasteiger partial charge in [0, 0.05) is 12.0 Å². The third kappa shape index (κ3) is 5.83. The molecule has 0 aliphatic rings. The van der Waals surface area contributed by atoms with Crippen LogP contribution in [-0.4, -0.2) is 5.78 Å². The first-order valence-corrected chi connectivity index (χ1v) is 7.32. The SMILES string of the molecule is CC/C=C/C=C(C)/C=C/c1ccc(C(=O)CCC)cc1. The molecule has 0 aliphatic heterocycles. The molecule has 0 fully saturated rings. The van der Waals surface area contributed by atoms with Gasteiger partial charge in [0.2, 0.25) is 0 Å². The van der Waals surface area contributed by atoms with Crippen molar-refractivity contribution in [2.45, 2.75) is 40.0 Å². The van der Waals surface area contributed by atoms with Gasteiger partial charge in [-0.2, -0.15) is 0 Å². The number of rotatable bonds is 7. The molecule has 0 atom stereocenters. The summed E-state index contributed by atoms with van der Waals surface area (Å²) in [5.74, 6) is 0.226. The lowest BCUT2D eigenvalue weighted by Crippen LogP contribution is -1.97. The van der Waals surface area contributed by atoms with Crippen molar-refractivity contribution in [3.63, 3.8) is 0 Å². The molecule has 1 aromatic carbocycles. The standard InChI is InChI=1S/C19H24O/c1-4-6-7-9-16(3)10-11-17-12-14-18(15-13-17)19(20)8-5-2/h6-7,9-15H,4-5,8H2,1-3H3/b7-6+,11-10+,16-9+. The minimum absolute atomic E-state index is 0.226. The van der Waals surface area contributed by atoms with Crippen LogP contribution in [0.2, 0.25) is 0 Å². The number of hydrogen-bond donors (Lipinski definition) is 0. The van der Waals surface area contributed by atoms with Gasteiger partial charge in [-0.15, -0.1) is 0 Å². The number of Topliss-reactive ketones (excluding diaryl/α,β-unsaturated/α-hetero) is 1. The van der Waals surface area contributed by atoms with E-state index in [0.717, 1.165) is 24.0 Å². The molecule has 0 amide bonds. The second kappa shape index (κ2) is 9.08. The highest BCUT2D eigenvalue weighted by molar-refractivity contribution is 5.96. The van der Waals surface area contributed by atoms with Gasteiger partial charge in [0.15, 0.2) is 5.78 Å². The second-order valence-corrected chi connectivity index (χ2v) is 4.88. The van der Waals surface area contributed by atoms with Crippen LogP contribution < -0.4 is 0 Å². The van der Waals surface area contributed by atoms with Gasteiger partial charge in [-0.05, 0) is 25.3 Å². The van der Waals surface area contributed by atoms with E-state index in [0.29, 0.717) is 6.42 Å². The minimum atomic E-state index is 0.226. The molecule has 0 saturated heterocycles. The molecule has 0 unspecified atom stereocenters. The molecule has 0 N–H and O–H groups in total. The molecule has 1 aromatic rings. The lowest BCUT2D eigenvalue weighted by molar-refractivity contribution is 0.0982. The molecular weight excluding hydrogens is 244 g/mol. The van der Waals surface area contributed by atoms with Crippen molar-refractivity contribution >= 4 is 11.9 Å². The molecule has 0 aromatic heterocycles. The zero-order chi connectivity index (χ0) is 14.8. The predicted molar refractivity (Wildman–Crippen MR) is 87.9 cm³/mol. The van der Waals surface area contributed by atoms with Gasteiger partial charge in [-0.3, -0.25) is 4.79 Å². The van der Waals surface area contributed by atoms with Gasteiger partial charge < -0.3 is 0 Å². The third-order valence-corrected chi connectivity index (χ3v) is 2.98. The Hall–Kier alpha value is -1.89. The Labute approximate surface area is 122 Å². The Balaban J connectivity index is 2.67. The van der Waals surface area contributed by atoms with E-state index >= 15 is 0 Å². The highest BCUT2D eigenvalue weighted by atomic mass is 16.1. The van der Waals surface area contributed by atoms with E-state index in [1.54, 1.807) is 0 Å². The Kier molecular flexibility index (Phi) is 7.34. The molecule has 1 rings (SSSR count). The quantitative estimate of drug-likeness (QED) is 0.465. The molecule has 0 bridgehead atoms. The average Bonchev–Trinajstić information content (AvgIpc) is 2.46. The predicted octanol–water partition coefficient (Wildman–Crippen LogP) is 5.60. The monoisotopic (exact) mass is 268 g/mol. The number of carbonyl (C=O) groups excluding carboxylic acids is 1. The first kappa shape index (κ1) is 16.2. The van der Waals surface area contributed by atoms with Crippen LogP contribution in [0.25, 0.3) is 6.08 Å². The third-order valence-electron chi connectivity index (χ3n) is 2.98. The van der Waals surface area contributed by atoms with Crippen LogP contribution >= 0.6 is 0 Å². The summed E-state index contributed by atoms with van der Waals surface area (Å²) in [6.07, 6.45) is 13.0. The molecule has 0 radical (unpaired) electrons. The van der Waals surface area contributed by atoms with Crippen LogP contribution in [0.1, 0.15) is 56.0 Å². The molecule has 0 saturated carbocycles. The van der Waals surface area contributed by atoms with E-state index in [1.165, 1.54) is 5.57 Å². The molecular formula is C19H24O. The molecule has 0 heterocycles. The smallest absolute Gasteiger partial charge is 0.162 e. The van der Waals surface area contributed by atoms with E-state index in [2.05, 4.69) is 44.2 Å². The summed E-state index contributed by atoms with van der Waals surface area (Å²) < 4.78 is 0. The summed E-state index contributed by atoms with van der Waals surface area (Å²) in [5.41, 5.74) is 3.13. The van der Waals surface area contributed by atoms with E-state index in [9.17, 15) is 4.79 Å². The van der Waals surface area contributed by atoms with Gasteiger partial charge in [-0.25, -0.2) is 0 Å². The second-order valence-electron chi connectivity index (χ2n) is 4.88.